The first-order valence-electron chi connectivity index (χ1n) is 5.32. The normalized spacial score (nSPS) is 11.8. The summed E-state index contributed by atoms with van der Waals surface area (Å²) in [5.41, 5.74) is 0.327. The molecule has 94 valence electrons. The van der Waals surface area contributed by atoms with E-state index in [0.29, 0.717) is 16.6 Å². The summed E-state index contributed by atoms with van der Waals surface area (Å²) in [6.07, 6.45) is -4.16. The Morgan fingerprint density at radius 3 is 2.56 bits per heavy atom. The molecule has 0 bridgehead atoms. The molecular weight excluding hydrogens is 243 g/mol. The number of hydrogen-bond donors (Lipinski definition) is 0. The second kappa shape index (κ2) is 4.40. The van der Waals surface area contributed by atoms with Crippen LogP contribution in [0.25, 0.3) is 10.9 Å². The fourth-order valence-corrected chi connectivity index (χ4v) is 1.70. The molecule has 2 aromatic rings. The molecule has 1 heterocycles. The second-order valence-corrected chi connectivity index (χ2v) is 4.09. The first kappa shape index (κ1) is 12.5. The van der Waals surface area contributed by atoms with Gasteiger partial charge in [-0.3, -0.25) is 9.78 Å². The standard InChI is InChI=1S/C13H10F3NO/c1-8(18)6-11-4-2-9-7-10(13(14,15)16)3-5-12(9)17-11/h2-5,7H,6H2,1H3. The highest BCUT2D eigenvalue weighted by Gasteiger charge is 2.30. The zero-order chi connectivity index (χ0) is 13.3. The average Bonchev–Trinajstić information content (AvgIpc) is 2.26. The van der Waals surface area contributed by atoms with Gasteiger partial charge in [-0.25, -0.2) is 0 Å². The summed E-state index contributed by atoms with van der Waals surface area (Å²) in [6.45, 7) is 1.44. The van der Waals surface area contributed by atoms with Crippen molar-refractivity contribution in [2.24, 2.45) is 0 Å². The Hall–Kier alpha value is -1.91. The highest BCUT2D eigenvalue weighted by Crippen LogP contribution is 2.31. The minimum absolute atomic E-state index is 0.0336. The van der Waals surface area contributed by atoms with Gasteiger partial charge in [0.15, 0.2) is 0 Å². The molecule has 1 aromatic heterocycles. The molecule has 0 fully saturated rings. The van der Waals surface area contributed by atoms with Crippen molar-refractivity contribution in [2.75, 3.05) is 0 Å². The van der Waals surface area contributed by atoms with Gasteiger partial charge in [0.05, 0.1) is 11.1 Å². The Labute approximate surface area is 101 Å². The number of ketones is 1. The predicted octanol–water partition coefficient (Wildman–Crippen LogP) is 3.39. The molecule has 0 aliphatic heterocycles. The molecule has 2 rings (SSSR count). The lowest BCUT2D eigenvalue weighted by molar-refractivity contribution is -0.137. The van der Waals surface area contributed by atoms with Crippen LogP contribution in [-0.4, -0.2) is 10.8 Å². The number of carbonyl (C=O) groups excluding carboxylic acids is 1. The quantitative estimate of drug-likeness (QED) is 0.821. The average molecular weight is 253 g/mol. The number of aromatic nitrogens is 1. The molecule has 0 atom stereocenters. The van der Waals surface area contributed by atoms with Crippen LogP contribution >= 0.6 is 0 Å². The summed E-state index contributed by atoms with van der Waals surface area (Å²) in [5.74, 6) is -0.0336. The minimum atomic E-state index is -4.35. The van der Waals surface area contributed by atoms with Gasteiger partial charge in [-0.15, -0.1) is 0 Å². The van der Waals surface area contributed by atoms with Crippen LogP contribution < -0.4 is 0 Å². The van der Waals surface area contributed by atoms with Crippen molar-refractivity contribution in [2.45, 2.75) is 19.5 Å². The van der Waals surface area contributed by atoms with E-state index in [1.54, 1.807) is 12.1 Å². The number of fused-ring (bicyclic) bond motifs is 1. The Balaban J connectivity index is 2.45. The number of alkyl halides is 3. The van der Waals surface area contributed by atoms with E-state index in [1.165, 1.54) is 13.0 Å². The van der Waals surface area contributed by atoms with Crippen LogP contribution in [0.2, 0.25) is 0 Å². The fraction of sp³-hybridized carbons (Fsp3) is 0.231. The zero-order valence-corrected chi connectivity index (χ0v) is 9.58. The molecule has 0 aliphatic rings. The molecule has 0 amide bonds. The van der Waals surface area contributed by atoms with Crippen molar-refractivity contribution in [1.29, 1.82) is 0 Å². The molecule has 0 unspecified atom stereocenters. The number of Topliss-reactive ketones (excluding diaryl/α,β-unsaturated/α-hetero) is 1. The van der Waals surface area contributed by atoms with Crippen LogP contribution in [0.15, 0.2) is 30.3 Å². The van der Waals surface area contributed by atoms with Crippen LogP contribution in [0.4, 0.5) is 13.2 Å². The summed E-state index contributed by atoms with van der Waals surface area (Å²) in [6, 6.07) is 6.49. The van der Waals surface area contributed by atoms with E-state index in [-0.39, 0.29) is 12.2 Å². The van der Waals surface area contributed by atoms with E-state index in [0.717, 1.165) is 12.1 Å². The van der Waals surface area contributed by atoms with Crippen molar-refractivity contribution in [3.8, 4) is 0 Å². The predicted molar refractivity (Wildman–Crippen MR) is 61.1 cm³/mol. The molecule has 0 saturated carbocycles. The van der Waals surface area contributed by atoms with E-state index in [2.05, 4.69) is 4.98 Å². The number of pyridine rings is 1. The molecule has 0 saturated heterocycles. The van der Waals surface area contributed by atoms with Gasteiger partial charge in [-0.05, 0) is 31.2 Å². The van der Waals surface area contributed by atoms with E-state index in [1.807, 2.05) is 0 Å². The first-order valence-corrected chi connectivity index (χ1v) is 5.32. The third-order valence-electron chi connectivity index (χ3n) is 2.50. The van der Waals surface area contributed by atoms with Crippen molar-refractivity contribution in [3.63, 3.8) is 0 Å². The summed E-state index contributed by atoms with van der Waals surface area (Å²) in [4.78, 5) is 15.1. The molecular formula is C13H10F3NO. The Bertz CT molecular complexity index is 605. The number of carbonyl (C=O) groups is 1. The minimum Gasteiger partial charge on any atom is -0.300 e. The van der Waals surface area contributed by atoms with Gasteiger partial charge >= 0.3 is 6.18 Å². The smallest absolute Gasteiger partial charge is 0.300 e. The lowest BCUT2D eigenvalue weighted by atomic mass is 10.1. The molecule has 0 radical (unpaired) electrons. The van der Waals surface area contributed by atoms with Gasteiger partial charge in [-0.2, -0.15) is 13.2 Å². The van der Waals surface area contributed by atoms with Crippen molar-refractivity contribution in [3.05, 3.63) is 41.6 Å². The molecule has 1 aromatic carbocycles. The SMILES string of the molecule is CC(=O)Cc1ccc2cc(C(F)(F)F)ccc2n1. The van der Waals surface area contributed by atoms with Gasteiger partial charge in [0.1, 0.15) is 5.78 Å². The third-order valence-corrected chi connectivity index (χ3v) is 2.50. The monoisotopic (exact) mass is 253 g/mol. The van der Waals surface area contributed by atoms with E-state index in [9.17, 15) is 18.0 Å². The lowest BCUT2D eigenvalue weighted by Gasteiger charge is -2.08. The van der Waals surface area contributed by atoms with Gasteiger partial charge < -0.3 is 0 Å². The summed E-state index contributed by atoms with van der Waals surface area (Å²) < 4.78 is 37.5. The highest BCUT2D eigenvalue weighted by atomic mass is 19.4. The van der Waals surface area contributed by atoms with Crippen molar-refractivity contribution in [1.82, 2.24) is 4.98 Å². The van der Waals surface area contributed by atoms with Crippen LogP contribution in [-0.2, 0) is 17.4 Å². The largest absolute Gasteiger partial charge is 0.416 e. The molecule has 18 heavy (non-hydrogen) atoms. The number of hydrogen-bond acceptors (Lipinski definition) is 2. The molecule has 0 N–H and O–H groups in total. The van der Waals surface area contributed by atoms with Crippen molar-refractivity contribution < 1.29 is 18.0 Å². The molecule has 0 aliphatic carbocycles. The van der Waals surface area contributed by atoms with E-state index >= 15 is 0 Å². The highest BCUT2D eigenvalue weighted by molar-refractivity contribution is 5.82. The number of halogens is 3. The third kappa shape index (κ3) is 2.67. The lowest BCUT2D eigenvalue weighted by Crippen LogP contribution is -2.05. The zero-order valence-electron chi connectivity index (χ0n) is 9.58. The summed E-state index contributed by atoms with van der Waals surface area (Å²) in [7, 11) is 0. The Morgan fingerprint density at radius 2 is 1.94 bits per heavy atom. The summed E-state index contributed by atoms with van der Waals surface area (Å²) >= 11 is 0. The second-order valence-electron chi connectivity index (χ2n) is 4.09. The van der Waals surface area contributed by atoms with Crippen LogP contribution in [0.1, 0.15) is 18.2 Å². The maximum atomic E-state index is 12.5. The fourth-order valence-electron chi connectivity index (χ4n) is 1.70. The topological polar surface area (TPSA) is 30.0 Å². The van der Waals surface area contributed by atoms with Crippen LogP contribution in [0.3, 0.4) is 0 Å². The maximum Gasteiger partial charge on any atom is 0.416 e. The Morgan fingerprint density at radius 1 is 1.22 bits per heavy atom. The van der Waals surface area contributed by atoms with Gasteiger partial charge in [0.2, 0.25) is 0 Å². The summed E-state index contributed by atoms with van der Waals surface area (Å²) in [5, 5.41) is 0.414. The molecule has 0 spiro atoms. The maximum absolute atomic E-state index is 12.5. The van der Waals surface area contributed by atoms with Gasteiger partial charge in [0, 0.05) is 17.5 Å². The van der Waals surface area contributed by atoms with Crippen molar-refractivity contribution >= 4 is 16.7 Å². The number of nitrogens with zero attached hydrogens (tertiary/aromatic N) is 1. The van der Waals surface area contributed by atoms with E-state index < -0.39 is 11.7 Å². The number of rotatable bonds is 2. The first-order chi connectivity index (χ1) is 8.36. The Kier molecular flexibility index (Phi) is 3.07. The van der Waals surface area contributed by atoms with Gasteiger partial charge in [-0.1, -0.05) is 6.07 Å². The van der Waals surface area contributed by atoms with Gasteiger partial charge in [0.25, 0.3) is 0 Å². The van der Waals surface area contributed by atoms with E-state index in [4.69, 9.17) is 0 Å². The number of benzene rings is 1. The van der Waals surface area contributed by atoms with Crippen LogP contribution in [0, 0.1) is 0 Å². The molecule has 5 heteroatoms. The molecule has 2 nitrogen and oxygen atoms in total. The van der Waals surface area contributed by atoms with Crippen LogP contribution in [0.5, 0.6) is 0 Å².